The molecule has 2 fully saturated rings. The highest BCUT2D eigenvalue weighted by molar-refractivity contribution is 8.09. The van der Waals surface area contributed by atoms with Crippen LogP contribution < -0.4 is 32.4 Å². The monoisotopic (exact) mass is 876 g/mol. The number of imidazole rings is 1. The van der Waals surface area contributed by atoms with Gasteiger partial charge < -0.3 is 65.1 Å². The van der Waals surface area contributed by atoms with E-state index in [1.807, 2.05) is 0 Å². The van der Waals surface area contributed by atoms with E-state index < -0.39 is 102 Å². The van der Waals surface area contributed by atoms with Crippen LogP contribution in [0.15, 0.2) is 15.9 Å². The van der Waals surface area contributed by atoms with Crippen molar-refractivity contribution in [3.8, 4) is 0 Å². The summed E-state index contributed by atoms with van der Waals surface area (Å²) >= 11 is 4.69. The van der Waals surface area contributed by atoms with Crippen LogP contribution >= 0.6 is 22.4 Å². The fourth-order valence-electron chi connectivity index (χ4n) is 6.30. The minimum absolute atomic E-state index is 0.0475. The molecule has 6 heterocycles. The number of aromatic nitrogens is 6. The standard InChI is InChI=1S/C25H39N10O17P3S/c1-9(2)48-16-11(50-22(15(16)37)34-7-28-12-18(34)29-24(26)31-20(12)38)6-47-54(42,43)52-55(44,56)51-53(40,41)46-5-10-14(36)17(45-4)23(49-10)35-8-33(3)13-19(35)30-25(27)32-21(13)39/h7,9-11,14-17,22-23,36-37H,5-6,8H2,1-4H3,(H,40,41)(H,42,43)(H,44,56)(H3,26,29,31,38)(H3,27,30,32,39)/t10-,11-,14+,15+,16?,17?,22-,23-,55?/m1/s1. The maximum absolute atomic E-state index is 12.9. The van der Waals surface area contributed by atoms with Gasteiger partial charge in [0.1, 0.15) is 42.3 Å². The number of aromatic amines is 2. The number of aliphatic hydroxyl groups excluding tert-OH is 2. The zero-order valence-electron chi connectivity index (χ0n) is 29.6. The minimum Gasteiger partial charge on any atom is -0.387 e. The number of nitrogens with zero attached hydrogens (tertiary/aromatic N) is 6. The molecule has 3 aliphatic heterocycles. The molecule has 3 aliphatic rings. The summed E-state index contributed by atoms with van der Waals surface area (Å²) in [5, 5.41) is 22.1. The van der Waals surface area contributed by atoms with Crippen LogP contribution in [0.3, 0.4) is 0 Å². The van der Waals surface area contributed by atoms with Gasteiger partial charge in [0, 0.05) is 14.2 Å². The second-order valence-corrected chi connectivity index (χ2v) is 18.8. The van der Waals surface area contributed by atoms with Crippen LogP contribution in [0.2, 0.25) is 0 Å². The van der Waals surface area contributed by atoms with Crippen LogP contribution in [-0.4, -0.2) is 137 Å². The van der Waals surface area contributed by atoms with Crippen molar-refractivity contribution in [2.45, 2.75) is 69.0 Å². The summed E-state index contributed by atoms with van der Waals surface area (Å²) in [4.78, 5) is 75.9. The number of nitrogens with one attached hydrogen (secondary N) is 2. The molecule has 0 radical (unpaired) electrons. The molecule has 0 spiro atoms. The third-order valence-electron chi connectivity index (χ3n) is 8.49. The van der Waals surface area contributed by atoms with Crippen molar-refractivity contribution in [2.24, 2.45) is 0 Å². The van der Waals surface area contributed by atoms with Gasteiger partial charge in [0.15, 0.2) is 29.4 Å². The second-order valence-electron chi connectivity index (χ2n) is 12.8. The molecule has 31 heteroatoms. The summed E-state index contributed by atoms with van der Waals surface area (Å²) in [6.45, 7) is -3.54. The summed E-state index contributed by atoms with van der Waals surface area (Å²) < 4.78 is 68.8. The molecule has 27 nitrogen and oxygen atoms in total. The number of nitrogen functional groups attached to an aromatic ring is 2. The molecule has 6 rings (SSSR count). The average molecular weight is 877 g/mol. The number of anilines is 4. The first-order chi connectivity index (χ1) is 26.1. The van der Waals surface area contributed by atoms with E-state index in [1.165, 1.54) is 16.6 Å². The SMILES string of the molecule is COC1[C@@H](O)[C@@H](COP(=O)(O)OP(O)(=S)OP(=O)(O)OC[C@H]2O[C@@H](n3cnc4c(=O)[nH]c(N)nc43)[C@@H](O)C2OC(C)C)O[C@H]1N1CN(C)c2c1nc(N)[nH]c2=O. The van der Waals surface area contributed by atoms with Crippen LogP contribution in [0.4, 0.5) is 23.4 Å². The molecule has 0 saturated carbocycles. The summed E-state index contributed by atoms with van der Waals surface area (Å²) in [6, 6.07) is 0. The number of methoxy groups -OCH3 is 1. The van der Waals surface area contributed by atoms with Crippen molar-refractivity contribution in [1.82, 2.24) is 29.5 Å². The van der Waals surface area contributed by atoms with Crippen LogP contribution in [0, 0.1) is 0 Å². The number of fused-ring (bicyclic) bond motifs is 2. The number of rotatable bonds is 15. The Morgan fingerprint density at radius 1 is 0.946 bits per heavy atom. The average Bonchev–Trinajstić information content (AvgIpc) is 3.80. The number of H-pyrrole nitrogens is 2. The lowest BCUT2D eigenvalue weighted by Crippen LogP contribution is -2.46. The number of phosphoric acid groups is 2. The minimum atomic E-state index is -5.44. The van der Waals surface area contributed by atoms with E-state index in [9.17, 15) is 43.6 Å². The van der Waals surface area contributed by atoms with Gasteiger partial charge in [-0.05, 0) is 25.7 Å². The van der Waals surface area contributed by atoms with Crippen molar-refractivity contribution >= 4 is 68.7 Å². The molecule has 0 bridgehead atoms. The van der Waals surface area contributed by atoms with Crippen LogP contribution in [0.25, 0.3) is 11.2 Å². The van der Waals surface area contributed by atoms with Crippen LogP contribution in [-0.2, 0) is 57.6 Å². The number of nitrogens with two attached hydrogens (primary N) is 2. The van der Waals surface area contributed by atoms with Gasteiger partial charge >= 0.3 is 22.4 Å². The normalized spacial score (nSPS) is 29.8. The predicted octanol–water partition coefficient (Wildman–Crippen LogP) is -2.08. The largest absolute Gasteiger partial charge is 0.479 e. The Labute approximate surface area is 319 Å². The highest BCUT2D eigenvalue weighted by atomic mass is 32.5. The van der Waals surface area contributed by atoms with E-state index in [1.54, 1.807) is 25.8 Å². The van der Waals surface area contributed by atoms with Gasteiger partial charge in [-0.15, -0.1) is 0 Å². The number of hydrogen-bond donors (Lipinski definition) is 9. The van der Waals surface area contributed by atoms with E-state index in [2.05, 4.69) is 45.3 Å². The van der Waals surface area contributed by atoms with E-state index in [0.29, 0.717) is 0 Å². The highest BCUT2D eigenvalue weighted by Gasteiger charge is 2.51. The molecule has 56 heavy (non-hydrogen) atoms. The smallest absolute Gasteiger partial charge is 0.387 e. The van der Waals surface area contributed by atoms with Crippen molar-refractivity contribution in [2.75, 3.05) is 55.3 Å². The predicted molar refractivity (Wildman–Crippen MR) is 193 cm³/mol. The van der Waals surface area contributed by atoms with E-state index in [4.69, 9.17) is 39.5 Å². The van der Waals surface area contributed by atoms with E-state index in [-0.39, 0.29) is 41.2 Å². The Kier molecular flexibility index (Phi) is 12.2. The summed E-state index contributed by atoms with van der Waals surface area (Å²) in [6.07, 6.45) is -9.81. The van der Waals surface area contributed by atoms with E-state index in [0.717, 1.165) is 6.33 Å². The number of hydrogen-bond acceptors (Lipinski definition) is 22. The fraction of sp³-hybridized carbons (Fsp3) is 0.640. The van der Waals surface area contributed by atoms with Gasteiger partial charge in [-0.25, -0.2) is 22.7 Å². The lowest BCUT2D eigenvalue weighted by atomic mass is 10.1. The van der Waals surface area contributed by atoms with Gasteiger partial charge in [-0.1, -0.05) is 0 Å². The van der Waals surface area contributed by atoms with Gasteiger partial charge in [0.2, 0.25) is 11.9 Å². The zero-order valence-corrected chi connectivity index (χ0v) is 33.1. The Bertz CT molecular complexity index is 2210. The van der Waals surface area contributed by atoms with E-state index >= 15 is 0 Å². The molecule has 312 valence electrons. The molecule has 0 amide bonds. The Balaban J connectivity index is 1.07. The maximum Gasteiger partial charge on any atom is 0.479 e. The molecule has 3 aromatic heterocycles. The van der Waals surface area contributed by atoms with Gasteiger partial charge in [0.05, 0.1) is 32.3 Å². The molecule has 11 atom stereocenters. The van der Waals surface area contributed by atoms with Crippen LogP contribution in [0.5, 0.6) is 0 Å². The zero-order chi connectivity index (χ0) is 41.1. The third kappa shape index (κ3) is 8.86. The highest BCUT2D eigenvalue weighted by Crippen LogP contribution is 2.68. The summed E-state index contributed by atoms with van der Waals surface area (Å²) in [5.41, 5.74) is 10.2. The lowest BCUT2D eigenvalue weighted by Gasteiger charge is -2.29. The number of aliphatic hydroxyl groups is 2. The molecule has 5 unspecified atom stereocenters. The molecule has 0 aliphatic carbocycles. The molecule has 11 N–H and O–H groups in total. The summed E-state index contributed by atoms with van der Waals surface area (Å²) in [5.74, 6) is -0.319. The first kappa shape index (κ1) is 42.6. The van der Waals surface area contributed by atoms with Crippen LogP contribution in [0.1, 0.15) is 20.1 Å². The number of phosphoric ester groups is 2. The van der Waals surface area contributed by atoms with Crippen molar-refractivity contribution in [3.63, 3.8) is 0 Å². The Morgan fingerprint density at radius 3 is 2.16 bits per heavy atom. The van der Waals surface area contributed by atoms with Crippen molar-refractivity contribution < 1.29 is 70.6 Å². The fourth-order valence-corrected chi connectivity index (χ4v) is 11.3. The Morgan fingerprint density at radius 2 is 1.54 bits per heavy atom. The number of ether oxygens (including phenoxy) is 4. The first-order valence-corrected chi connectivity index (χ1v) is 21.8. The maximum atomic E-state index is 12.9. The molecular weight excluding hydrogens is 837 g/mol. The Hall–Kier alpha value is -2.98. The third-order valence-corrected chi connectivity index (χ3v) is 13.9. The van der Waals surface area contributed by atoms with Gasteiger partial charge in [-0.3, -0.25) is 33.2 Å². The van der Waals surface area contributed by atoms with Crippen molar-refractivity contribution in [3.05, 3.63) is 27.0 Å². The molecule has 0 aromatic carbocycles. The van der Waals surface area contributed by atoms with Crippen molar-refractivity contribution in [1.29, 1.82) is 0 Å². The van der Waals surface area contributed by atoms with Gasteiger partial charge in [-0.2, -0.15) is 9.97 Å². The first-order valence-electron chi connectivity index (χ1n) is 16.3. The molecule has 2 saturated heterocycles. The molecular formula is C25H39N10O17P3S. The lowest BCUT2D eigenvalue weighted by molar-refractivity contribution is -0.0775. The quantitative estimate of drug-likeness (QED) is 0.0740. The topological polar surface area (TPSA) is 377 Å². The second kappa shape index (κ2) is 16.0. The summed E-state index contributed by atoms with van der Waals surface area (Å²) in [7, 11) is -8.02. The van der Waals surface area contributed by atoms with Gasteiger partial charge in [0.25, 0.3) is 11.1 Å². The molecule has 3 aromatic rings.